The fourth-order valence-corrected chi connectivity index (χ4v) is 2.49. The normalized spacial score (nSPS) is 12.6. The molecule has 20 heavy (non-hydrogen) atoms. The fourth-order valence-electron chi connectivity index (χ4n) is 2.49. The number of anilines is 2. The van der Waals surface area contributed by atoms with E-state index in [0.29, 0.717) is 17.4 Å². The summed E-state index contributed by atoms with van der Waals surface area (Å²) in [6, 6.07) is 0. The Morgan fingerprint density at radius 3 is 2.30 bits per heavy atom. The van der Waals surface area contributed by atoms with Crippen LogP contribution in [-0.2, 0) is 0 Å². The second-order valence-corrected chi connectivity index (χ2v) is 7.35. The van der Waals surface area contributed by atoms with Crippen molar-refractivity contribution in [3.63, 3.8) is 0 Å². The molecule has 1 rings (SSSR count). The Morgan fingerprint density at radius 1 is 1.20 bits per heavy atom. The first kappa shape index (κ1) is 16.5. The first-order valence-corrected chi connectivity index (χ1v) is 7.05. The van der Waals surface area contributed by atoms with Crippen LogP contribution in [0.4, 0.5) is 11.5 Å². The van der Waals surface area contributed by atoms with Crippen LogP contribution in [0.3, 0.4) is 0 Å². The predicted molar refractivity (Wildman–Crippen MR) is 84.0 cm³/mol. The Labute approximate surface area is 122 Å². The van der Waals surface area contributed by atoms with Gasteiger partial charge >= 0.3 is 0 Å². The summed E-state index contributed by atoms with van der Waals surface area (Å²) in [6.07, 6.45) is 2.50. The van der Waals surface area contributed by atoms with Gasteiger partial charge in [0.25, 0.3) is 0 Å². The average Bonchev–Trinajstić information content (AvgIpc) is 2.19. The van der Waals surface area contributed by atoms with Crippen molar-refractivity contribution < 1.29 is 4.74 Å². The quantitative estimate of drug-likeness (QED) is 0.864. The van der Waals surface area contributed by atoms with Gasteiger partial charge in [-0.05, 0) is 39.5 Å². The van der Waals surface area contributed by atoms with Crippen molar-refractivity contribution in [1.82, 2.24) is 9.97 Å². The molecule has 0 aliphatic heterocycles. The molecule has 0 aliphatic carbocycles. The topological polar surface area (TPSA) is 73.1 Å². The van der Waals surface area contributed by atoms with E-state index in [1.807, 2.05) is 13.8 Å². The van der Waals surface area contributed by atoms with Gasteiger partial charge in [0.05, 0.1) is 6.10 Å². The van der Waals surface area contributed by atoms with Crippen LogP contribution in [0.25, 0.3) is 0 Å². The van der Waals surface area contributed by atoms with Crippen LogP contribution in [0, 0.1) is 5.41 Å². The van der Waals surface area contributed by atoms with E-state index in [1.165, 1.54) is 6.33 Å². The lowest BCUT2D eigenvalue weighted by Gasteiger charge is -2.34. The largest absolute Gasteiger partial charge is 0.473 e. The van der Waals surface area contributed by atoms with Crippen molar-refractivity contribution in [3.05, 3.63) is 6.33 Å². The smallest absolute Gasteiger partial charge is 0.242 e. The van der Waals surface area contributed by atoms with Gasteiger partial charge in [0.2, 0.25) is 5.88 Å². The minimum absolute atomic E-state index is 0.0302. The maximum Gasteiger partial charge on any atom is 0.242 e. The third-order valence-electron chi connectivity index (χ3n) is 2.62. The zero-order valence-electron chi connectivity index (χ0n) is 13.7. The van der Waals surface area contributed by atoms with E-state index in [9.17, 15) is 0 Å². The zero-order valence-corrected chi connectivity index (χ0v) is 13.7. The molecule has 0 fully saturated rings. The van der Waals surface area contributed by atoms with Crippen LogP contribution >= 0.6 is 0 Å². The molecule has 0 unspecified atom stereocenters. The number of ether oxygens (including phenoxy) is 1. The summed E-state index contributed by atoms with van der Waals surface area (Å²) < 4.78 is 5.58. The van der Waals surface area contributed by atoms with Crippen molar-refractivity contribution >= 4 is 11.5 Å². The van der Waals surface area contributed by atoms with Gasteiger partial charge in [0, 0.05) is 5.54 Å². The Balaban J connectivity index is 2.92. The zero-order chi connectivity index (χ0) is 15.6. The molecule has 0 radical (unpaired) electrons. The molecule has 0 saturated heterocycles. The minimum atomic E-state index is -0.115. The van der Waals surface area contributed by atoms with Crippen molar-refractivity contribution in [2.24, 2.45) is 5.41 Å². The van der Waals surface area contributed by atoms with Crippen LogP contribution in [0.15, 0.2) is 6.33 Å². The number of hydrogen-bond donors (Lipinski definition) is 2. The monoisotopic (exact) mass is 280 g/mol. The van der Waals surface area contributed by atoms with Crippen LogP contribution in [0.1, 0.15) is 54.9 Å². The molecule has 1 heterocycles. The summed E-state index contributed by atoms with van der Waals surface area (Å²) >= 11 is 0. The number of nitrogens with two attached hydrogens (primary N) is 1. The van der Waals surface area contributed by atoms with Gasteiger partial charge in [0.15, 0.2) is 5.82 Å². The summed E-state index contributed by atoms with van der Waals surface area (Å²) in [5, 5.41) is 3.40. The van der Waals surface area contributed by atoms with Gasteiger partial charge < -0.3 is 15.8 Å². The number of hydrogen-bond acceptors (Lipinski definition) is 5. The second-order valence-electron chi connectivity index (χ2n) is 7.35. The van der Waals surface area contributed by atoms with E-state index in [4.69, 9.17) is 10.5 Å². The molecular formula is C15H28N4O. The van der Waals surface area contributed by atoms with Gasteiger partial charge in [-0.25, -0.2) is 4.98 Å². The molecule has 0 bridgehead atoms. The summed E-state index contributed by atoms with van der Waals surface area (Å²) in [4.78, 5) is 8.32. The molecule has 0 aliphatic rings. The number of aromatic nitrogens is 2. The lowest BCUT2D eigenvalue weighted by molar-refractivity contribution is 0.234. The third-order valence-corrected chi connectivity index (χ3v) is 2.62. The highest BCUT2D eigenvalue weighted by atomic mass is 16.5. The predicted octanol–water partition coefficient (Wildman–Crippen LogP) is 3.47. The molecule has 114 valence electrons. The molecule has 0 amide bonds. The lowest BCUT2D eigenvalue weighted by atomic mass is 9.82. The molecule has 0 aromatic carbocycles. The molecule has 5 heteroatoms. The third kappa shape index (κ3) is 5.23. The number of nitrogens with zero attached hydrogens (tertiary/aromatic N) is 2. The number of nitrogens with one attached hydrogen (secondary N) is 1. The van der Waals surface area contributed by atoms with E-state index >= 15 is 0 Å². The Hall–Kier alpha value is -1.52. The van der Waals surface area contributed by atoms with Gasteiger partial charge in [-0.3, -0.25) is 0 Å². The van der Waals surface area contributed by atoms with Crippen LogP contribution in [0.2, 0.25) is 0 Å². The standard InChI is InChI=1S/C15H28N4O/c1-10(2)20-13-11(16)12(17-9-18-13)19-15(6,7)8-14(3,4)5/h9-10H,8,16H2,1-7H3,(H,17,18,19). The summed E-state index contributed by atoms with van der Waals surface area (Å²) in [7, 11) is 0. The van der Waals surface area contributed by atoms with Gasteiger partial charge in [-0.1, -0.05) is 20.8 Å². The van der Waals surface area contributed by atoms with E-state index < -0.39 is 0 Å². The van der Waals surface area contributed by atoms with Crippen LogP contribution in [-0.4, -0.2) is 21.6 Å². The molecule has 1 aromatic heterocycles. The van der Waals surface area contributed by atoms with E-state index in [0.717, 1.165) is 6.42 Å². The Morgan fingerprint density at radius 2 is 1.80 bits per heavy atom. The maximum absolute atomic E-state index is 6.09. The Kier molecular flexibility index (Phi) is 4.84. The molecular weight excluding hydrogens is 252 g/mol. The van der Waals surface area contributed by atoms with E-state index in [-0.39, 0.29) is 17.1 Å². The van der Waals surface area contributed by atoms with Gasteiger partial charge in [-0.15, -0.1) is 0 Å². The minimum Gasteiger partial charge on any atom is -0.473 e. The highest BCUT2D eigenvalue weighted by Gasteiger charge is 2.26. The van der Waals surface area contributed by atoms with Crippen molar-refractivity contribution in [2.75, 3.05) is 11.1 Å². The Bertz CT molecular complexity index is 450. The lowest BCUT2D eigenvalue weighted by Crippen LogP contribution is -2.36. The van der Waals surface area contributed by atoms with Gasteiger partial charge in [-0.2, -0.15) is 4.98 Å². The summed E-state index contributed by atoms with van der Waals surface area (Å²) in [5.41, 5.74) is 6.65. The SMILES string of the molecule is CC(C)Oc1ncnc(NC(C)(C)CC(C)(C)C)c1N. The molecule has 1 aromatic rings. The number of rotatable bonds is 5. The van der Waals surface area contributed by atoms with E-state index in [1.54, 1.807) is 0 Å². The summed E-state index contributed by atoms with van der Waals surface area (Å²) in [6.45, 7) is 14.8. The first-order chi connectivity index (χ1) is 9.00. The first-order valence-electron chi connectivity index (χ1n) is 7.05. The summed E-state index contributed by atoms with van der Waals surface area (Å²) in [5.74, 6) is 1.06. The highest BCUT2D eigenvalue weighted by molar-refractivity contribution is 5.67. The van der Waals surface area contributed by atoms with Crippen molar-refractivity contribution in [1.29, 1.82) is 0 Å². The molecule has 3 N–H and O–H groups in total. The molecule has 0 atom stereocenters. The van der Waals surface area contributed by atoms with Crippen LogP contribution in [0.5, 0.6) is 5.88 Å². The molecule has 5 nitrogen and oxygen atoms in total. The van der Waals surface area contributed by atoms with Crippen LogP contribution < -0.4 is 15.8 Å². The van der Waals surface area contributed by atoms with E-state index in [2.05, 4.69) is 49.9 Å². The molecule has 0 saturated carbocycles. The van der Waals surface area contributed by atoms with Crippen molar-refractivity contribution in [2.45, 2.75) is 66.5 Å². The second kappa shape index (κ2) is 5.85. The fraction of sp³-hybridized carbons (Fsp3) is 0.733. The number of nitrogen functional groups attached to an aromatic ring is 1. The maximum atomic E-state index is 6.09. The average molecular weight is 280 g/mol. The van der Waals surface area contributed by atoms with Gasteiger partial charge in [0.1, 0.15) is 12.0 Å². The van der Waals surface area contributed by atoms with Crippen molar-refractivity contribution in [3.8, 4) is 5.88 Å². The highest BCUT2D eigenvalue weighted by Crippen LogP contribution is 2.32. The molecule has 0 spiro atoms.